The molecule has 0 aliphatic carbocycles. The van der Waals surface area contributed by atoms with Gasteiger partial charge in [-0.05, 0) is 20.3 Å². The summed E-state index contributed by atoms with van der Waals surface area (Å²) in [5, 5.41) is 3.72. The predicted octanol–water partition coefficient (Wildman–Crippen LogP) is 1.95. The van der Waals surface area contributed by atoms with Crippen LogP contribution < -0.4 is 5.32 Å². The summed E-state index contributed by atoms with van der Waals surface area (Å²) in [7, 11) is 1.37. The zero-order valence-electron chi connectivity index (χ0n) is 11.6. The van der Waals surface area contributed by atoms with Crippen molar-refractivity contribution in [3.63, 3.8) is 0 Å². The van der Waals surface area contributed by atoms with Crippen LogP contribution in [0.5, 0.6) is 0 Å². The number of esters is 2. The van der Waals surface area contributed by atoms with E-state index in [1.165, 1.54) is 24.9 Å². The Morgan fingerprint density at radius 2 is 2.11 bits per heavy atom. The van der Waals surface area contributed by atoms with Crippen molar-refractivity contribution in [3.05, 3.63) is 22.4 Å². The monoisotopic (exact) mass is 285 g/mol. The van der Waals surface area contributed by atoms with Gasteiger partial charge in [0.2, 0.25) is 0 Å². The zero-order chi connectivity index (χ0) is 14.4. The van der Waals surface area contributed by atoms with E-state index in [0.717, 1.165) is 5.70 Å². The van der Waals surface area contributed by atoms with Gasteiger partial charge < -0.3 is 14.8 Å². The molecule has 0 fully saturated rings. The van der Waals surface area contributed by atoms with Gasteiger partial charge in [-0.3, -0.25) is 0 Å². The Kier molecular flexibility index (Phi) is 5.95. The number of hydrogen-bond donors (Lipinski definition) is 1. The molecule has 106 valence electrons. The van der Waals surface area contributed by atoms with Crippen LogP contribution >= 0.6 is 11.8 Å². The van der Waals surface area contributed by atoms with Crippen LogP contribution in [0.15, 0.2) is 22.4 Å². The van der Waals surface area contributed by atoms with Gasteiger partial charge >= 0.3 is 11.9 Å². The van der Waals surface area contributed by atoms with Gasteiger partial charge in [-0.25, -0.2) is 9.59 Å². The SMILES string of the molecule is CCOC(=O)/C=C1/NC(CC)=C(C(=O)OC)C(C)S1. The highest BCUT2D eigenvalue weighted by Gasteiger charge is 2.28. The van der Waals surface area contributed by atoms with E-state index in [4.69, 9.17) is 9.47 Å². The normalized spacial score (nSPS) is 21.1. The molecule has 6 heteroatoms. The van der Waals surface area contributed by atoms with E-state index in [1.807, 2.05) is 13.8 Å². The molecule has 0 aromatic carbocycles. The van der Waals surface area contributed by atoms with E-state index < -0.39 is 0 Å². The van der Waals surface area contributed by atoms with E-state index in [9.17, 15) is 9.59 Å². The minimum absolute atomic E-state index is 0.0654. The number of ether oxygens (including phenoxy) is 2. The summed E-state index contributed by atoms with van der Waals surface area (Å²) in [5.41, 5.74) is 1.41. The van der Waals surface area contributed by atoms with Crippen molar-refractivity contribution in [1.29, 1.82) is 0 Å². The molecule has 0 saturated heterocycles. The van der Waals surface area contributed by atoms with Crippen LogP contribution in [0.1, 0.15) is 27.2 Å². The molecule has 0 amide bonds. The Labute approximate surface area is 117 Å². The fourth-order valence-corrected chi connectivity index (χ4v) is 2.86. The second-order valence-electron chi connectivity index (χ2n) is 3.88. The summed E-state index contributed by atoms with van der Waals surface area (Å²) in [6, 6.07) is 0. The topological polar surface area (TPSA) is 64.6 Å². The lowest BCUT2D eigenvalue weighted by Gasteiger charge is -2.26. The highest BCUT2D eigenvalue weighted by atomic mass is 32.2. The van der Waals surface area contributed by atoms with Gasteiger partial charge in [-0.1, -0.05) is 6.92 Å². The van der Waals surface area contributed by atoms with Crippen LogP contribution in [0.25, 0.3) is 0 Å². The third kappa shape index (κ3) is 4.02. The van der Waals surface area contributed by atoms with Crippen LogP contribution in [0.3, 0.4) is 0 Å². The maximum Gasteiger partial charge on any atom is 0.336 e. The number of rotatable bonds is 4. The molecule has 0 aromatic rings. The average Bonchev–Trinajstić information content (AvgIpc) is 2.37. The van der Waals surface area contributed by atoms with E-state index in [2.05, 4.69) is 5.32 Å². The minimum atomic E-state index is -0.387. The maximum atomic E-state index is 11.7. The van der Waals surface area contributed by atoms with Gasteiger partial charge in [-0.2, -0.15) is 0 Å². The lowest BCUT2D eigenvalue weighted by molar-refractivity contribution is -0.137. The Hall–Kier alpha value is -1.43. The molecule has 19 heavy (non-hydrogen) atoms. The molecule has 1 atom stereocenters. The molecule has 0 saturated carbocycles. The smallest absolute Gasteiger partial charge is 0.336 e. The molecule has 0 aromatic heterocycles. The fraction of sp³-hybridized carbons (Fsp3) is 0.538. The molecular formula is C13H19NO4S. The van der Waals surface area contributed by atoms with Crippen molar-refractivity contribution >= 4 is 23.7 Å². The Morgan fingerprint density at radius 1 is 1.42 bits per heavy atom. The van der Waals surface area contributed by atoms with Crippen molar-refractivity contribution in [3.8, 4) is 0 Å². The molecule has 0 radical (unpaired) electrons. The number of thioether (sulfide) groups is 1. The van der Waals surface area contributed by atoms with E-state index >= 15 is 0 Å². The first-order valence-electron chi connectivity index (χ1n) is 6.16. The number of carbonyl (C=O) groups excluding carboxylic acids is 2. The first-order valence-corrected chi connectivity index (χ1v) is 7.04. The number of carbonyl (C=O) groups is 2. The fourth-order valence-electron chi connectivity index (χ4n) is 1.78. The van der Waals surface area contributed by atoms with Crippen LogP contribution in [-0.2, 0) is 19.1 Å². The molecule has 1 unspecified atom stereocenters. The van der Waals surface area contributed by atoms with Crippen molar-refractivity contribution in [2.75, 3.05) is 13.7 Å². The maximum absolute atomic E-state index is 11.7. The van der Waals surface area contributed by atoms with Gasteiger partial charge in [0, 0.05) is 10.9 Å². The predicted molar refractivity (Wildman–Crippen MR) is 74.2 cm³/mol. The molecule has 1 heterocycles. The lowest BCUT2D eigenvalue weighted by Crippen LogP contribution is -2.29. The molecule has 1 aliphatic rings. The van der Waals surface area contributed by atoms with Crippen LogP contribution in [0.2, 0.25) is 0 Å². The lowest BCUT2D eigenvalue weighted by atomic mass is 10.1. The summed E-state index contributed by atoms with van der Waals surface area (Å²) >= 11 is 1.40. The molecular weight excluding hydrogens is 266 g/mol. The number of hydrogen-bond acceptors (Lipinski definition) is 6. The second kappa shape index (κ2) is 7.23. The Bertz CT molecular complexity index is 428. The molecule has 1 aliphatic heterocycles. The summed E-state index contributed by atoms with van der Waals surface area (Å²) in [5.74, 6) is -0.721. The van der Waals surface area contributed by atoms with Crippen LogP contribution in [0, 0.1) is 0 Å². The largest absolute Gasteiger partial charge is 0.466 e. The van der Waals surface area contributed by atoms with Crippen molar-refractivity contribution < 1.29 is 19.1 Å². The summed E-state index contributed by atoms with van der Waals surface area (Å²) in [4.78, 5) is 23.2. The third-order valence-corrected chi connectivity index (χ3v) is 3.67. The number of nitrogens with one attached hydrogen (secondary N) is 1. The van der Waals surface area contributed by atoms with E-state index in [0.29, 0.717) is 23.6 Å². The number of methoxy groups -OCH3 is 1. The minimum Gasteiger partial charge on any atom is -0.466 e. The first kappa shape index (κ1) is 15.6. The van der Waals surface area contributed by atoms with Crippen molar-refractivity contribution in [1.82, 2.24) is 5.32 Å². The summed E-state index contributed by atoms with van der Waals surface area (Å²) < 4.78 is 9.65. The third-order valence-electron chi connectivity index (χ3n) is 2.60. The van der Waals surface area contributed by atoms with Gasteiger partial charge in [0.25, 0.3) is 0 Å². The molecule has 0 spiro atoms. The second-order valence-corrected chi connectivity index (χ2v) is 5.27. The molecule has 1 rings (SSSR count). The van der Waals surface area contributed by atoms with Crippen LogP contribution in [-0.4, -0.2) is 30.9 Å². The Morgan fingerprint density at radius 3 is 2.63 bits per heavy atom. The number of allylic oxidation sites excluding steroid dienone is 1. The standard InChI is InChI=1S/C13H19NO4S/c1-5-9-12(13(16)17-4)8(3)19-10(14-9)7-11(15)18-6-2/h7-8,14H,5-6H2,1-4H3/b10-7-. The van der Waals surface area contributed by atoms with Crippen molar-refractivity contribution in [2.45, 2.75) is 32.4 Å². The molecule has 5 nitrogen and oxygen atoms in total. The summed E-state index contributed by atoms with van der Waals surface area (Å²) in [6.07, 6.45) is 2.07. The van der Waals surface area contributed by atoms with Gasteiger partial charge in [0.15, 0.2) is 0 Å². The quantitative estimate of drug-likeness (QED) is 0.629. The van der Waals surface area contributed by atoms with E-state index in [-0.39, 0.29) is 17.2 Å². The highest BCUT2D eigenvalue weighted by molar-refractivity contribution is 8.03. The molecule has 0 bridgehead atoms. The first-order chi connectivity index (χ1) is 9.03. The van der Waals surface area contributed by atoms with Crippen molar-refractivity contribution in [2.24, 2.45) is 0 Å². The van der Waals surface area contributed by atoms with Gasteiger partial charge in [-0.15, -0.1) is 11.8 Å². The van der Waals surface area contributed by atoms with Gasteiger partial charge in [0.05, 0.1) is 30.4 Å². The summed E-state index contributed by atoms with van der Waals surface area (Å²) in [6.45, 7) is 5.95. The zero-order valence-corrected chi connectivity index (χ0v) is 12.4. The van der Waals surface area contributed by atoms with E-state index in [1.54, 1.807) is 6.92 Å². The average molecular weight is 285 g/mol. The van der Waals surface area contributed by atoms with Gasteiger partial charge in [0.1, 0.15) is 0 Å². The Balaban J connectivity index is 2.97. The molecule has 1 N–H and O–H groups in total. The van der Waals surface area contributed by atoms with Crippen LogP contribution in [0.4, 0.5) is 0 Å². The highest BCUT2D eigenvalue weighted by Crippen LogP contribution is 2.33.